The number of hydrogen-bond acceptors (Lipinski definition) is 1. The third kappa shape index (κ3) is 2.45. The Morgan fingerprint density at radius 1 is 0.750 bits per heavy atom. The third-order valence-corrected chi connectivity index (χ3v) is 5.10. The molecule has 0 atom stereocenters. The van der Waals surface area contributed by atoms with Crippen LogP contribution < -0.4 is 0 Å². The van der Waals surface area contributed by atoms with Crippen molar-refractivity contribution in [3.05, 3.63) is 0 Å². The fourth-order valence-corrected chi connectivity index (χ4v) is 4.08. The van der Waals surface area contributed by atoms with Crippen molar-refractivity contribution in [1.82, 2.24) is 4.90 Å². The molecule has 0 bridgehead atoms. The lowest BCUT2D eigenvalue weighted by Crippen LogP contribution is -2.56. The summed E-state index contributed by atoms with van der Waals surface area (Å²) in [4.78, 5) is 2.50. The fourth-order valence-electron chi connectivity index (χ4n) is 4.08. The molecule has 0 saturated carbocycles. The molecule has 0 radical (unpaired) electrons. The first-order valence-electron chi connectivity index (χ1n) is 7.17. The first-order valence-corrected chi connectivity index (χ1v) is 7.17. The van der Waals surface area contributed by atoms with Crippen LogP contribution in [-0.2, 0) is 0 Å². The second-order valence-corrected chi connectivity index (χ2v) is 5.37. The van der Waals surface area contributed by atoms with Crippen LogP contribution in [0.4, 0.5) is 0 Å². The molecule has 1 nitrogen and oxygen atoms in total. The summed E-state index contributed by atoms with van der Waals surface area (Å²) in [6, 6.07) is 0. The second-order valence-electron chi connectivity index (χ2n) is 5.37. The van der Waals surface area contributed by atoms with Crippen LogP contribution in [0.2, 0.25) is 0 Å². The first-order chi connectivity index (χ1) is 7.50. The average molecular weight is 227 g/mol. The predicted octanol–water partition coefficient (Wildman–Crippen LogP) is 4.71. The zero-order valence-electron chi connectivity index (χ0n) is 12.7. The van der Waals surface area contributed by atoms with Crippen molar-refractivity contribution >= 4 is 0 Å². The van der Waals surface area contributed by atoms with Gasteiger partial charge in [-0.05, 0) is 51.6 Å². The largest absolute Gasteiger partial charge is 0.303 e. The van der Waals surface area contributed by atoms with E-state index in [0.717, 1.165) is 0 Å². The van der Waals surface area contributed by atoms with E-state index in [9.17, 15) is 0 Å². The van der Waals surface area contributed by atoms with Crippen LogP contribution in [0.15, 0.2) is 0 Å². The van der Waals surface area contributed by atoms with Gasteiger partial charge in [0.2, 0.25) is 0 Å². The summed E-state index contributed by atoms with van der Waals surface area (Å²) >= 11 is 0. The molecule has 0 N–H and O–H groups in total. The molecule has 0 unspecified atom stereocenters. The van der Waals surface area contributed by atoms with E-state index in [2.05, 4.69) is 53.6 Å². The second kappa shape index (κ2) is 6.64. The van der Waals surface area contributed by atoms with Crippen molar-refractivity contribution in [3.63, 3.8) is 0 Å². The molecular weight excluding hydrogens is 194 g/mol. The van der Waals surface area contributed by atoms with E-state index in [1.807, 2.05) is 0 Å². The molecule has 0 aliphatic heterocycles. The van der Waals surface area contributed by atoms with Crippen molar-refractivity contribution in [2.75, 3.05) is 14.1 Å². The van der Waals surface area contributed by atoms with Gasteiger partial charge in [0.15, 0.2) is 0 Å². The molecule has 0 rings (SSSR count). The van der Waals surface area contributed by atoms with Crippen LogP contribution in [0, 0.1) is 5.41 Å². The molecule has 16 heavy (non-hydrogen) atoms. The maximum Gasteiger partial charge on any atom is 0.0254 e. The molecule has 0 spiro atoms. The molecule has 1 heteroatoms. The summed E-state index contributed by atoms with van der Waals surface area (Å²) in [6.07, 6.45) is 7.79. The maximum absolute atomic E-state index is 2.50. The van der Waals surface area contributed by atoms with Gasteiger partial charge in [0.25, 0.3) is 0 Å². The molecule has 0 aliphatic carbocycles. The molecule has 98 valence electrons. The van der Waals surface area contributed by atoms with Gasteiger partial charge in [-0.1, -0.05) is 41.0 Å². The van der Waals surface area contributed by atoms with Crippen molar-refractivity contribution in [2.45, 2.75) is 78.7 Å². The minimum Gasteiger partial charge on any atom is -0.303 e. The Morgan fingerprint density at radius 3 is 1.38 bits per heavy atom. The molecule has 0 aromatic rings. The standard InChI is InChI=1S/C15H33N/c1-8-13-14(9-2,10-3)15(11-4,12-5)16(6)7/h8-13H2,1-7H3. The van der Waals surface area contributed by atoms with Crippen molar-refractivity contribution in [3.8, 4) is 0 Å². The maximum atomic E-state index is 2.50. The third-order valence-electron chi connectivity index (χ3n) is 5.10. The van der Waals surface area contributed by atoms with E-state index in [4.69, 9.17) is 0 Å². The summed E-state index contributed by atoms with van der Waals surface area (Å²) in [5, 5.41) is 0. The lowest BCUT2D eigenvalue weighted by Gasteiger charge is -2.54. The Kier molecular flexibility index (Phi) is 6.62. The van der Waals surface area contributed by atoms with E-state index < -0.39 is 0 Å². The molecule has 0 aromatic heterocycles. The highest BCUT2D eigenvalue weighted by atomic mass is 15.2. The molecule has 0 aliphatic rings. The van der Waals surface area contributed by atoms with Crippen LogP contribution in [-0.4, -0.2) is 24.5 Å². The Hall–Kier alpha value is -0.0400. The summed E-state index contributed by atoms with van der Waals surface area (Å²) in [7, 11) is 4.53. The Morgan fingerprint density at radius 2 is 1.19 bits per heavy atom. The highest BCUT2D eigenvalue weighted by molar-refractivity contribution is 5.01. The summed E-state index contributed by atoms with van der Waals surface area (Å²) < 4.78 is 0. The molecule has 0 heterocycles. The topological polar surface area (TPSA) is 3.24 Å². The Balaban J connectivity index is 5.39. The van der Waals surface area contributed by atoms with Gasteiger partial charge in [0.1, 0.15) is 0 Å². The lowest BCUT2D eigenvalue weighted by molar-refractivity contribution is -0.0290. The summed E-state index contributed by atoms with van der Waals surface area (Å²) in [5.41, 5.74) is 0.876. The number of rotatable bonds is 8. The molecular formula is C15H33N. The summed E-state index contributed by atoms with van der Waals surface area (Å²) in [5.74, 6) is 0. The van der Waals surface area contributed by atoms with E-state index in [1.165, 1.54) is 38.5 Å². The quantitative estimate of drug-likeness (QED) is 0.580. The van der Waals surface area contributed by atoms with E-state index in [0.29, 0.717) is 11.0 Å². The van der Waals surface area contributed by atoms with Crippen LogP contribution >= 0.6 is 0 Å². The molecule has 0 aromatic carbocycles. The first kappa shape index (κ1) is 16.0. The fraction of sp³-hybridized carbons (Fsp3) is 1.00. The Bertz CT molecular complexity index is 176. The minimum atomic E-state index is 0.381. The van der Waals surface area contributed by atoms with Crippen molar-refractivity contribution in [2.24, 2.45) is 5.41 Å². The van der Waals surface area contributed by atoms with Gasteiger partial charge in [0.05, 0.1) is 0 Å². The predicted molar refractivity (Wildman–Crippen MR) is 74.9 cm³/mol. The average Bonchev–Trinajstić information content (AvgIpc) is 2.29. The van der Waals surface area contributed by atoms with E-state index >= 15 is 0 Å². The smallest absolute Gasteiger partial charge is 0.0254 e. The van der Waals surface area contributed by atoms with Gasteiger partial charge in [0, 0.05) is 5.54 Å². The van der Waals surface area contributed by atoms with Crippen molar-refractivity contribution in [1.29, 1.82) is 0 Å². The van der Waals surface area contributed by atoms with Gasteiger partial charge < -0.3 is 4.90 Å². The van der Waals surface area contributed by atoms with Crippen LogP contribution in [0.3, 0.4) is 0 Å². The number of hydrogen-bond donors (Lipinski definition) is 0. The van der Waals surface area contributed by atoms with E-state index in [-0.39, 0.29) is 0 Å². The van der Waals surface area contributed by atoms with Gasteiger partial charge in [-0.3, -0.25) is 0 Å². The number of nitrogens with zero attached hydrogens (tertiary/aromatic N) is 1. The normalized spacial score (nSPS) is 13.5. The lowest BCUT2D eigenvalue weighted by atomic mass is 9.60. The summed E-state index contributed by atoms with van der Waals surface area (Å²) in [6.45, 7) is 11.8. The van der Waals surface area contributed by atoms with Crippen LogP contribution in [0.5, 0.6) is 0 Å². The van der Waals surface area contributed by atoms with Crippen LogP contribution in [0.25, 0.3) is 0 Å². The zero-order chi connectivity index (χ0) is 12.8. The zero-order valence-corrected chi connectivity index (χ0v) is 12.7. The minimum absolute atomic E-state index is 0.381. The van der Waals surface area contributed by atoms with Gasteiger partial charge in [-0.15, -0.1) is 0 Å². The molecule has 0 saturated heterocycles. The SMILES string of the molecule is CCCC(CC)(CC)C(CC)(CC)N(C)C. The highest BCUT2D eigenvalue weighted by Gasteiger charge is 2.47. The van der Waals surface area contributed by atoms with Gasteiger partial charge >= 0.3 is 0 Å². The molecule has 0 amide bonds. The monoisotopic (exact) mass is 227 g/mol. The van der Waals surface area contributed by atoms with Crippen molar-refractivity contribution < 1.29 is 0 Å². The van der Waals surface area contributed by atoms with Gasteiger partial charge in [-0.2, -0.15) is 0 Å². The van der Waals surface area contributed by atoms with E-state index in [1.54, 1.807) is 0 Å². The van der Waals surface area contributed by atoms with Gasteiger partial charge in [-0.25, -0.2) is 0 Å². The highest BCUT2D eigenvalue weighted by Crippen LogP contribution is 2.49. The van der Waals surface area contributed by atoms with Crippen LogP contribution in [0.1, 0.15) is 73.1 Å². The Labute approximate surface area is 104 Å². The molecule has 0 fully saturated rings.